The van der Waals surface area contributed by atoms with Gasteiger partial charge in [-0.05, 0) is 44.7 Å². The van der Waals surface area contributed by atoms with E-state index in [4.69, 9.17) is 0 Å². The van der Waals surface area contributed by atoms with Crippen LogP contribution >= 0.6 is 0 Å². The van der Waals surface area contributed by atoms with Gasteiger partial charge in [-0.3, -0.25) is 9.69 Å². The Hall–Kier alpha value is -3.19. The first-order valence-electron chi connectivity index (χ1n) is 12.2. The number of hydrogen-bond donors (Lipinski definition) is 2. The zero-order valence-electron chi connectivity index (χ0n) is 20.6. The van der Waals surface area contributed by atoms with Gasteiger partial charge in [-0.1, -0.05) is 6.92 Å². The number of alkyl halides is 1. The molecule has 35 heavy (non-hydrogen) atoms. The molecule has 1 aliphatic carbocycles. The van der Waals surface area contributed by atoms with Crippen molar-refractivity contribution in [1.29, 1.82) is 5.26 Å². The average molecular weight is 485 g/mol. The fourth-order valence-electron chi connectivity index (χ4n) is 5.33. The Bertz CT molecular complexity index is 1130. The zero-order valence-corrected chi connectivity index (χ0v) is 20.6. The number of H-pyrrole nitrogens is 1. The van der Waals surface area contributed by atoms with Crippen LogP contribution in [0.5, 0.6) is 0 Å². The summed E-state index contributed by atoms with van der Waals surface area (Å²) in [6.07, 6.45) is 2.18. The molecule has 2 aliphatic rings. The van der Waals surface area contributed by atoms with Gasteiger partial charge in [0.05, 0.1) is 29.4 Å². The predicted molar refractivity (Wildman–Crippen MR) is 130 cm³/mol. The van der Waals surface area contributed by atoms with Gasteiger partial charge < -0.3 is 19.9 Å². The van der Waals surface area contributed by atoms with Crippen molar-refractivity contribution in [3.8, 4) is 6.07 Å². The number of fused-ring (bicyclic) bond motifs is 1. The van der Waals surface area contributed by atoms with Crippen molar-refractivity contribution in [2.75, 3.05) is 44.9 Å². The quantitative estimate of drug-likeness (QED) is 0.604. The van der Waals surface area contributed by atoms with E-state index in [0.29, 0.717) is 61.2 Å². The third kappa shape index (κ3) is 5.10. The molecule has 0 spiro atoms. The summed E-state index contributed by atoms with van der Waals surface area (Å²) in [5, 5.41) is 12.6. The van der Waals surface area contributed by atoms with E-state index < -0.39 is 11.5 Å². The molecular formula is C25H33FN6O3. The number of hydrogen-bond acceptors (Lipinski definition) is 7. The summed E-state index contributed by atoms with van der Waals surface area (Å²) in [5.41, 5.74) is 2.03. The number of halogens is 1. The van der Waals surface area contributed by atoms with Crippen molar-refractivity contribution in [2.24, 2.45) is 5.41 Å². The number of amides is 1. The van der Waals surface area contributed by atoms with Crippen molar-refractivity contribution >= 4 is 28.6 Å². The monoisotopic (exact) mass is 484 g/mol. The summed E-state index contributed by atoms with van der Waals surface area (Å²) < 4.78 is 17.4. The normalized spacial score (nSPS) is 25.3. The summed E-state index contributed by atoms with van der Waals surface area (Å²) in [7, 11) is 1.34. The van der Waals surface area contributed by atoms with E-state index in [-0.39, 0.29) is 24.5 Å². The number of aromatic nitrogens is 2. The molecule has 0 bridgehead atoms. The van der Waals surface area contributed by atoms with Crippen LogP contribution in [0.15, 0.2) is 12.1 Å². The molecule has 1 saturated carbocycles. The molecule has 1 saturated heterocycles. The van der Waals surface area contributed by atoms with Crippen LogP contribution in [0.25, 0.3) is 11.0 Å². The van der Waals surface area contributed by atoms with Gasteiger partial charge in [-0.2, -0.15) is 5.26 Å². The minimum atomic E-state index is -0.579. The number of nitrogens with zero attached hydrogens (tertiary/aromatic N) is 4. The summed E-state index contributed by atoms with van der Waals surface area (Å²) in [6.45, 7) is 6.21. The molecule has 2 fully saturated rings. The summed E-state index contributed by atoms with van der Waals surface area (Å²) in [4.78, 5) is 37.0. The molecule has 1 aromatic heterocycles. The lowest BCUT2D eigenvalue weighted by atomic mass is 9.71. The van der Waals surface area contributed by atoms with Crippen molar-refractivity contribution in [1.82, 2.24) is 20.2 Å². The third-order valence-corrected chi connectivity index (χ3v) is 7.50. The molecular weight excluding hydrogens is 451 g/mol. The summed E-state index contributed by atoms with van der Waals surface area (Å²) >= 11 is 0. The molecule has 10 heteroatoms. The molecule has 2 N–H and O–H groups in total. The number of methoxy groups -OCH3 is 1. The maximum Gasteiger partial charge on any atom is 0.407 e. The van der Waals surface area contributed by atoms with Gasteiger partial charge in [0.25, 0.3) is 0 Å². The fourth-order valence-corrected chi connectivity index (χ4v) is 5.33. The van der Waals surface area contributed by atoms with E-state index >= 15 is 0 Å². The number of aromatic amines is 1. The highest BCUT2D eigenvalue weighted by molar-refractivity contribution is 6.00. The van der Waals surface area contributed by atoms with Gasteiger partial charge in [-0.25, -0.2) is 14.2 Å². The standard InChI is InChI=1S/C25H33FN6O3/c1-16-15-31(9-8-26)10-11-32(16)21-13-20-19(12-17(21)14-27)29-23(30-20)22(33)25(2)6-4-18(5-7-25)28-24(34)35-3/h12-13,16,18H,4-11,15H2,1-3H3,(H,28,34)(H,29,30)/t16-,18?,25?/m1/s1. The largest absolute Gasteiger partial charge is 0.453 e. The van der Waals surface area contributed by atoms with Crippen LogP contribution in [0.3, 0.4) is 0 Å². The number of imidazole rings is 1. The molecule has 0 radical (unpaired) electrons. The Kier molecular flexibility index (Phi) is 7.26. The number of nitrogens with one attached hydrogen (secondary N) is 2. The highest BCUT2D eigenvalue weighted by atomic mass is 19.1. The number of carbonyl (C=O) groups is 2. The van der Waals surface area contributed by atoms with Crippen molar-refractivity contribution < 1.29 is 18.7 Å². The number of alkyl carbamates (subject to hydrolysis) is 1. The predicted octanol–water partition coefficient (Wildman–Crippen LogP) is 3.40. The smallest absolute Gasteiger partial charge is 0.407 e. The maximum atomic E-state index is 13.4. The number of ether oxygens (including phenoxy) is 1. The van der Waals surface area contributed by atoms with Gasteiger partial charge in [0.1, 0.15) is 12.7 Å². The second kappa shape index (κ2) is 10.2. The van der Waals surface area contributed by atoms with Crippen LogP contribution in [-0.4, -0.2) is 78.8 Å². The lowest BCUT2D eigenvalue weighted by molar-refractivity contribution is 0.0715. The first-order chi connectivity index (χ1) is 16.8. The molecule has 1 aliphatic heterocycles. The van der Waals surface area contributed by atoms with Gasteiger partial charge in [0.2, 0.25) is 5.78 Å². The first-order valence-corrected chi connectivity index (χ1v) is 12.2. The number of ketones is 1. The van der Waals surface area contributed by atoms with Crippen molar-refractivity contribution in [2.45, 2.75) is 51.6 Å². The van der Waals surface area contributed by atoms with E-state index in [1.54, 1.807) is 6.07 Å². The Balaban J connectivity index is 1.54. The van der Waals surface area contributed by atoms with E-state index in [1.807, 2.05) is 13.0 Å². The maximum absolute atomic E-state index is 13.4. The minimum absolute atomic E-state index is 0.00731. The number of carbonyl (C=O) groups excluding carboxylic acids is 2. The van der Waals surface area contributed by atoms with Gasteiger partial charge >= 0.3 is 6.09 Å². The number of rotatable bonds is 6. The SMILES string of the molecule is COC(=O)NC1CCC(C)(C(=O)c2nc3cc(N4CCN(CCF)C[C@H]4C)c(C#N)cc3[nH]2)CC1. The molecule has 9 nitrogen and oxygen atoms in total. The van der Waals surface area contributed by atoms with Crippen molar-refractivity contribution in [3.63, 3.8) is 0 Å². The van der Waals surface area contributed by atoms with Gasteiger partial charge in [-0.15, -0.1) is 0 Å². The molecule has 0 unspecified atom stereocenters. The second-order valence-corrected chi connectivity index (χ2v) is 9.92. The van der Waals surface area contributed by atoms with Crippen LogP contribution in [0, 0.1) is 16.7 Å². The summed E-state index contributed by atoms with van der Waals surface area (Å²) in [5.74, 6) is 0.238. The number of benzene rings is 1. The lowest BCUT2D eigenvalue weighted by Crippen LogP contribution is -2.52. The third-order valence-electron chi connectivity index (χ3n) is 7.50. The molecule has 1 atom stereocenters. The van der Waals surface area contributed by atoms with Gasteiger partial charge in [0, 0.05) is 43.7 Å². The van der Waals surface area contributed by atoms with E-state index in [2.05, 4.69) is 42.8 Å². The van der Waals surface area contributed by atoms with Gasteiger partial charge in [0.15, 0.2) is 5.82 Å². The van der Waals surface area contributed by atoms with Crippen LogP contribution in [0.2, 0.25) is 0 Å². The van der Waals surface area contributed by atoms with Crippen LogP contribution < -0.4 is 10.2 Å². The second-order valence-electron chi connectivity index (χ2n) is 9.92. The minimum Gasteiger partial charge on any atom is -0.453 e. The zero-order chi connectivity index (χ0) is 25.2. The van der Waals surface area contributed by atoms with Crippen molar-refractivity contribution in [3.05, 3.63) is 23.5 Å². The molecule has 4 rings (SSSR count). The fraction of sp³-hybridized carbons (Fsp3) is 0.600. The Morgan fingerprint density at radius 1 is 1.34 bits per heavy atom. The molecule has 2 aromatic rings. The highest BCUT2D eigenvalue weighted by Gasteiger charge is 2.40. The molecule has 188 valence electrons. The highest BCUT2D eigenvalue weighted by Crippen LogP contribution is 2.39. The molecule has 1 amide bonds. The Morgan fingerprint density at radius 3 is 2.71 bits per heavy atom. The lowest BCUT2D eigenvalue weighted by Gasteiger charge is -2.41. The van der Waals surface area contributed by atoms with Crippen LogP contribution in [0.1, 0.15) is 55.7 Å². The average Bonchev–Trinajstić information content (AvgIpc) is 3.27. The number of nitriles is 1. The number of anilines is 1. The van der Waals surface area contributed by atoms with Crippen LogP contribution in [-0.2, 0) is 4.74 Å². The van der Waals surface area contributed by atoms with Crippen LogP contribution in [0.4, 0.5) is 14.9 Å². The van der Waals surface area contributed by atoms with E-state index in [0.717, 1.165) is 18.8 Å². The summed E-state index contributed by atoms with van der Waals surface area (Å²) in [6, 6.07) is 6.03. The number of piperazine rings is 1. The number of Topliss-reactive ketones (excluding diaryl/α,β-unsaturated/α-hetero) is 1. The van der Waals surface area contributed by atoms with E-state index in [1.165, 1.54) is 7.11 Å². The van der Waals surface area contributed by atoms with E-state index in [9.17, 15) is 19.2 Å². The Labute approximate surface area is 204 Å². The Morgan fingerprint density at radius 2 is 2.09 bits per heavy atom. The molecule has 1 aromatic carbocycles. The first kappa shape index (κ1) is 24.9. The topological polar surface area (TPSA) is 114 Å². The molecule has 2 heterocycles.